The highest BCUT2D eigenvalue weighted by Gasteiger charge is 2.44. The van der Waals surface area contributed by atoms with Gasteiger partial charge in [-0.2, -0.15) is 13.2 Å². The number of carbonyl (C=O) groups excluding carboxylic acids is 2. The van der Waals surface area contributed by atoms with E-state index in [-0.39, 0.29) is 18.0 Å². The van der Waals surface area contributed by atoms with Crippen LogP contribution in [0.1, 0.15) is 50.4 Å². The van der Waals surface area contributed by atoms with Gasteiger partial charge in [-0.15, -0.1) is 0 Å². The highest BCUT2D eigenvalue weighted by atomic mass is 19.4. The number of likely N-dealkylation sites (tertiary alicyclic amines) is 1. The van der Waals surface area contributed by atoms with E-state index in [1.165, 1.54) is 7.11 Å². The number of amides is 1. The highest BCUT2D eigenvalue weighted by molar-refractivity contribution is 5.94. The molecule has 14 heteroatoms. The Hall–Kier alpha value is -5.53. The average molecular weight is 697 g/mol. The molecule has 1 aliphatic rings. The number of benzene rings is 3. The molecule has 1 saturated heterocycles. The Labute approximate surface area is 287 Å². The Bertz CT molecular complexity index is 1800. The first-order valence-corrected chi connectivity index (χ1v) is 15.8. The number of halogens is 3. The molecule has 4 aromatic rings. The van der Waals surface area contributed by atoms with Crippen molar-refractivity contribution < 1.29 is 46.9 Å². The molecule has 266 valence electrons. The number of carboxylic acids is 1. The Morgan fingerprint density at radius 1 is 1.04 bits per heavy atom. The van der Waals surface area contributed by atoms with Crippen molar-refractivity contribution >= 4 is 40.1 Å². The van der Waals surface area contributed by atoms with Crippen molar-refractivity contribution in [3.8, 4) is 11.5 Å². The van der Waals surface area contributed by atoms with Crippen LogP contribution in [-0.4, -0.2) is 65.4 Å². The molecular weight excluding hydrogens is 657 g/mol. The number of nitrogens with zero attached hydrogens (tertiary/aromatic N) is 2. The third-order valence-corrected chi connectivity index (χ3v) is 7.89. The van der Waals surface area contributed by atoms with Gasteiger partial charge in [0.2, 0.25) is 5.91 Å². The summed E-state index contributed by atoms with van der Waals surface area (Å²) in [6, 6.07) is 21.5. The van der Waals surface area contributed by atoms with E-state index in [0.717, 1.165) is 22.0 Å². The van der Waals surface area contributed by atoms with Crippen molar-refractivity contribution in [3.63, 3.8) is 0 Å². The van der Waals surface area contributed by atoms with E-state index in [4.69, 9.17) is 29.8 Å². The summed E-state index contributed by atoms with van der Waals surface area (Å²) in [5.41, 5.74) is 8.40. The molecule has 2 heterocycles. The van der Waals surface area contributed by atoms with Gasteiger partial charge in [-0.05, 0) is 80.1 Å². The van der Waals surface area contributed by atoms with Crippen LogP contribution in [-0.2, 0) is 19.1 Å². The van der Waals surface area contributed by atoms with Crippen LogP contribution in [0.5, 0.6) is 11.5 Å². The molecule has 0 saturated carbocycles. The largest absolute Gasteiger partial charge is 0.490 e. The van der Waals surface area contributed by atoms with Gasteiger partial charge in [-0.3, -0.25) is 9.59 Å². The number of hydrogen-bond acceptors (Lipinski definition) is 9. The number of nitrogen functional groups attached to an aromatic ring is 1. The molecule has 1 amide bonds. The van der Waals surface area contributed by atoms with Crippen molar-refractivity contribution in [1.29, 1.82) is 0 Å². The van der Waals surface area contributed by atoms with Crippen molar-refractivity contribution in [1.82, 2.24) is 9.88 Å². The first-order chi connectivity index (χ1) is 23.7. The fourth-order valence-electron chi connectivity index (χ4n) is 5.74. The number of anilines is 2. The van der Waals surface area contributed by atoms with Crippen LogP contribution in [0, 0.1) is 5.92 Å². The number of hydrogen-bond donors (Lipinski definition) is 3. The van der Waals surface area contributed by atoms with Crippen LogP contribution in [0.15, 0.2) is 79.0 Å². The second kappa shape index (κ2) is 16.2. The quantitative estimate of drug-likeness (QED) is 0.156. The lowest BCUT2D eigenvalue weighted by Gasteiger charge is -2.32. The highest BCUT2D eigenvalue weighted by Crippen LogP contribution is 2.41. The van der Waals surface area contributed by atoms with Crippen LogP contribution >= 0.6 is 0 Å². The number of pyridine rings is 1. The minimum atomic E-state index is -5.08. The Morgan fingerprint density at radius 3 is 2.36 bits per heavy atom. The summed E-state index contributed by atoms with van der Waals surface area (Å²) in [6.45, 7) is 6.66. The molecule has 3 unspecified atom stereocenters. The summed E-state index contributed by atoms with van der Waals surface area (Å²) < 4.78 is 48.8. The lowest BCUT2D eigenvalue weighted by molar-refractivity contribution is -0.192. The molecule has 0 radical (unpaired) electrons. The molecule has 3 aromatic carbocycles. The molecule has 5 rings (SSSR count). The Balaban J connectivity index is 0.000000727. The topological polar surface area (TPSA) is 153 Å². The van der Waals surface area contributed by atoms with Gasteiger partial charge in [0.25, 0.3) is 0 Å². The number of methoxy groups -OCH3 is 1. The molecule has 11 nitrogen and oxygen atoms in total. The van der Waals surface area contributed by atoms with Crippen molar-refractivity contribution in [2.75, 3.05) is 31.3 Å². The fourth-order valence-corrected chi connectivity index (χ4v) is 5.74. The average Bonchev–Trinajstić information content (AvgIpc) is 3.53. The maximum Gasteiger partial charge on any atom is 0.490 e. The fraction of sp³-hybridized carbons (Fsp3) is 0.333. The number of carbonyl (C=O) groups is 3. The van der Waals surface area contributed by atoms with Crippen LogP contribution in [0.4, 0.5) is 24.7 Å². The zero-order chi connectivity index (χ0) is 36.6. The molecule has 0 bridgehead atoms. The predicted octanol–water partition coefficient (Wildman–Crippen LogP) is 6.55. The molecular formula is C36H39F3N4O7. The zero-order valence-corrected chi connectivity index (χ0v) is 27.9. The van der Waals surface area contributed by atoms with Gasteiger partial charge < -0.3 is 35.3 Å². The number of nitrogens with one attached hydrogen (secondary N) is 1. The number of esters is 1. The number of nitrogens with two attached hydrogens (primary N) is 1. The van der Waals surface area contributed by atoms with Gasteiger partial charge in [-0.25, -0.2) is 9.78 Å². The smallest absolute Gasteiger partial charge is 0.490 e. The second-order valence-corrected chi connectivity index (χ2v) is 11.6. The maximum atomic E-state index is 14.6. The van der Waals surface area contributed by atoms with E-state index < -0.39 is 30.1 Å². The van der Waals surface area contributed by atoms with Crippen molar-refractivity contribution in [2.45, 2.75) is 51.6 Å². The summed E-state index contributed by atoms with van der Waals surface area (Å²) in [4.78, 5) is 42.4. The number of carboxylic acid groups (broad SMARTS) is 1. The van der Waals surface area contributed by atoms with Crippen LogP contribution < -0.4 is 20.5 Å². The SMILES string of the molecule is CCOc1cc(C(Nc2ccc3c(N)nccc3c2)C(=O)N2CCC(C(=O)OC)C2c2ccccc2)ccc1OC(C)C.O=C(O)C(F)(F)F. The lowest BCUT2D eigenvalue weighted by Crippen LogP contribution is -2.39. The molecule has 0 aliphatic carbocycles. The van der Waals surface area contributed by atoms with Gasteiger partial charge in [-0.1, -0.05) is 36.4 Å². The van der Waals surface area contributed by atoms with E-state index in [2.05, 4.69) is 10.3 Å². The van der Waals surface area contributed by atoms with E-state index >= 15 is 0 Å². The van der Waals surface area contributed by atoms with E-state index in [1.807, 2.05) is 93.6 Å². The summed E-state index contributed by atoms with van der Waals surface area (Å²) in [7, 11) is 1.39. The van der Waals surface area contributed by atoms with Crippen LogP contribution in [0.25, 0.3) is 10.8 Å². The Kier molecular flexibility index (Phi) is 12.1. The number of aromatic nitrogens is 1. The summed E-state index contributed by atoms with van der Waals surface area (Å²) in [5, 5.41) is 12.3. The van der Waals surface area contributed by atoms with Gasteiger partial charge in [0.1, 0.15) is 11.9 Å². The summed E-state index contributed by atoms with van der Waals surface area (Å²) in [6.07, 6.45) is -2.97. The molecule has 50 heavy (non-hydrogen) atoms. The Morgan fingerprint density at radius 2 is 1.74 bits per heavy atom. The predicted molar refractivity (Wildman–Crippen MR) is 181 cm³/mol. The number of aliphatic carboxylic acids is 1. The molecule has 1 fully saturated rings. The van der Waals surface area contributed by atoms with Gasteiger partial charge in [0.15, 0.2) is 11.5 Å². The summed E-state index contributed by atoms with van der Waals surface area (Å²) in [5.74, 6) is -2.14. The normalized spacial score (nSPS) is 16.3. The number of ether oxygens (including phenoxy) is 3. The van der Waals surface area contributed by atoms with E-state index in [1.54, 1.807) is 11.1 Å². The van der Waals surface area contributed by atoms with Crippen LogP contribution in [0.2, 0.25) is 0 Å². The minimum absolute atomic E-state index is 0.0494. The summed E-state index contributed by atoms with van der Waals surface area (Å²) >= 11 is 0. The number of alkyl halides is 3. The first kappa shape index (κ1) is 37.3. The van der Waals surface area contributed by atoms with E-state index in [9.17, 15) is 22.8 Å². The third kappa shape index (κ3) is 8.92. The maximum absolute atomic E-state index is 14.6. The van der Waals surface area contributed by atoms with Gasteiger partial charge in [0, 0.05) is 23.8 Å². The zero-order valence-electron chi connectivity index (χ0n) is 27.9. The van der Waals surface area contributed by atoms with Gasteiger partial charge in [0.05, 0.1) is 31.8 Å². The third-order valence-electron chi connectivity index (χ3n) is 7.89. The monoisotopic (exact) mass is 696 g/mol. The first-order valence-electron chi connectivity index (χ1n) is 15.8. The van der Waals surface area contributed by atoms with Crippen molar-refractivity contribution in [2.24, 2.45) is 5.92 Å². The second-order valence-electron chi connectivity index (χ2n) is 11.6. The standard InChI is InChI=1S/C34H38N4O5.C2HF3O2/c1-5-42-29-20-24(11-14-28(29)43-21(2)3)30(37-25-12-13-26-23(19-25)15-17-36-32(26)35)33(39)38-18-16-27(34(40)41-4)31(38)22-9-7-6-8-10-22;3-2(4,5)1(6)7/h6-15,17,19-21,27,30-31,37H,5,16,18H2,1-4H3,(H2,35,36);(H,6,7). The minimum Gasteiger partial charge on any atom is -0.490 e. The molecule has 0 spiro atoms. The number of rotatable bonds is 10. The van der Waals surface area contributed by atoms with Crippen molar-refractivity contribution in [3.05, 3.63) is 90.1 Å². The molecule has 1 aromatic heterocycles. The number of fused-ring (bicyclic) bond motifs is 1. The van der Waals surface area contributed by atoms with Crippen LogP contribution in [0.3, 0.4) is 0 Å². The molecule has 4 N–H and O–H groups in total. The van der Waals surface area contributed by atoms with Gasteiger partial charge >= 0.3 is 18.1 Å². The molecule has 3 atom stereocenters. The lowest BCUT2D eigenvalue weighted by atomic mass is 9.93. The van der Waals surface area contributed by atoms with E-state index in [0.29, 0.717) is 42.5 Å². The molecule has 1 aliphatic heterocycles.